The first-order valence-corrected chi connectivity index (χ1v) is 7.69. The summed E-state index contributed by atoms with van der Waals surface area (Å²) < 4.78 is 0. The van der Waals surface area contributed by atoms with Gasteiger partial charge in [0.15, 0.2) is 11.6 Å². The van der Waals surface area contributed by atoms with E-state index in [2.05, 4.69) is 0 Å². The Morgan fingerprint density at radius 1 is 0.591 bits per heavy atom. The predicted octanol–water partition coefficient (Wildman–Crippen LogP) is 5.03. The molecule has 0 aliphatic heterocycles. The minimum Gasteiger partial charge on any atom is -0.294 e. The Labute approximate surface area is 132 Å². The van der Waals surface area contributed by atoms with Crippen molar-refractivity contribution in [3.05, 3.63) is 59.7 Å². The highest BCUT2D eigenvalue weighted by atomic mass is 16.1. The smallest absolute Gasteiger partial charge is 0.165 e. The van der Waals surface area contributed by atoms with E-state index < -0.39 is 0 Å². The lowest BCUT2D eigenvalue weighted by molar-refractivity contribution is 0.0932. The third-order valence-corrected chi connectivity index (χ3v) is 3.72. The van der Waals surface area contributed by atoms with Gasteiger partial charge in [-0.3, -0.25) is 9.59 Å². The second-order valence-corrected chi connectivity index (χ2v) is 6.19. The first kappa shape index (κ1) is 16.2. The topological polar surface area (TPSA) is 34.1 Å². The zero-order chi connectivity index (χ0) is 16.3. The number of Topliss-reactive ketones (excluding diaryl/α,β-unsaturated/α-hetero) is 2. The van der Waals surface area contributed by atoms with Crippen molar-refractivity contribution in [1.82, 2.24) is 0 Å². The van der Waals surface area contributed by atoms with Crippen LogP contribution < -0.4 is 0 Å². The Bertz CT molecular complexity index is 600. The summed E-state index contributed by atoms with van der Waals surface area (Å²) in [6.45, 7) is 7.61. The largest absolute Gasteiger partial charge is 0.294 e. The lowest BCUT2D eigenvalue weighted by Crippen LogP contribution is -2.07. The molecule has 0 aliphatic carbocycles. The van der Waals surface area contributed by atoms with Crippen molar-refractivity contribution in [2.45, 2.75) is 27.7 Å². The molecule has 0 aromatic heterocycles. The summed E-state index contributed by atoms with van der Waals surface area (Å²) in [6.07, 6.45) is 0. The monoisotopic (exact) mass is 294 g/mol. The van der Waals surface area contributed by atoms with Gasteiger partial charge in [-0.1, -0.05) is 76.2 Å². The van der Waals surface area contributed by atoms with E-state index >= 15 is 0 Å². The average molecular weight is 294 g/mol. The maximum absolute atomic E-state index is 11.9. The van der Waals surface area contributed by atoms with Crippen LogP contribution in [0.1, 0.15) is 48.4 Å². The summed E-state index contributed by atoms with van der Waals surface area (Å²) in [5.41, 5.74) is 3.57. The quantitative estimate of drug-likeness (QED) is 0.725. The molecule has 0 fully saturated rings. The van der Waals surface area contributed by atoms with Gasteiger partial charge in [-0.25, -0.2) is 0 Å². The fourth-order valence-corrected chi connectivity index (χ4v) is 2.32. The Morgan fingerprint density at radius 2 is 0.864 bits per heavy atom. The zero-order valence-corrected chi connectivity index (χ0v) is 13.6. The highest BCUT2D eigenvalue weighted by Crippen LogP contribution is 2.22. The molecule has 0 unspecified atom stereocenters. The Hall–Kier alpha value is -2.22. The van der Waals surface area contributed by atoms with Crippen LogP contribution in [0.5, 0.6) is 0 Å². The van der Waals surface area contributed by atoms with Gasteiger partial charge in [-0.15, -0.1) is 0 Å². The summed E-state index contributed by atoms with van der Waals surface area (Å²) in [6, 6.07) is 15.3. The third-order valence-electron chi connectivity index (χ3n) is 3.72. The summed E-state index contributed by atoms with van der Waals surface area (Å²) in [7, 11) is 0. The molecular weight excluding hydrogens is 272 g/mol. The molecule has 0 spiro atoms. The van der Waals surface area contributed by atoms with Crippen molar-refractivity contribution in [3.63, 3.8) is 0 Å². The number of benzene rings is 2. The first-order chi connectivity index (χ1) is 10.4. The van der Waals surface area contributed by atoms with E-state index in [4.69, 9.17) is 0 Å². The standard InChI is InChI=1S/C20H22O2/c1-13(2)19(21)17-9-5-15(6-10-17)16-7-11-18(12-8-16)20(22)14(3)4/h5-14H,1-4H3. The molecule has 2 aromatic rings. The summed E-state index contributed by atoms with van der Waals surface area (Å²) in [5, 5.41) is 0. The van der Waals surface area contributed by atoms with Crippen LogP contribution in [-0.2, 0) is 0 Å². The van der Waals surface area contributed by atoms with Crippen molar-refractivity contribution < 1.29 is 9.59 Å². The van der Waals surface area contributed by atoms with Gasteiger partial charge >= 0.3 is 0 Å². The lowest BCUT2D eigenvalue weighted by atomic mass is 9.96. The number of hydrogen-bond acceptors (Lipinski definition) is 2. The average Bonchev–Trinajstić information content (AvgIpc) is 2.53. The van der Waals surface area contributed by atoms with Gasteiger partial charge in [0.25, 0.3) is 0 Å². The number of ketones is 2. The second-order valence-electron chi connectivity index (χ2n) is 6.19. The number of rotatable bonds is 5. The predicted molar refractivity (Wildman–Crippen MR) is 90.2 cm³/mol. The SMILES string of the molecule is CC(C)C(=O)c1ccc(-c2ccc(C(=O)C(C)C)cc2)cc1. The molecule has 0 atom stereocenters. The van der Waals surface area contributed by atoms with Gasteiger partial charge in [-0.05, 0) is 11.1 Å². The second kappa shape index (κ2) is 6.69. The van der Waals surface area contributed by atoms with E-state index in [9.17, 15) is 9.59 Å². The van der Waals surface area contributed by atoms with Crippen LogP contribution in [0.15, 0.2) is 48.5 Å². The van der Waals surface area contributed by atoms with Gasteiger partial charge in [0, 0.05) is 23.0 Å². The minimum atomic E-state index is 0.00665. The molecule has 0 saturated heterocycles. The van der Waals surface area contributed by atoms with Gasteiger partial charge < -0.3 is 0 Å². The summed E-state index contributed by atoms with van der Waals surface area (Å²) >= 11 is 0. The van der Waals surface area contributed by atoms with Gasteiger partial charge in [0.05, 0.1) is 0 Å². The number of hydrogen-bond donors (Lipinski definition) is 0. The minimum absolute atomic E-state index is 0.00665. The molecule has 0 saturated carbocycles. The Morgan fingerprint density at radius 3 is 1.09 bits per heavy atom. The van der Waals surface area contributed by atoms with Crippen LogP contribution in [0.2, 0.25) is 0 Å². The van der Waals surface area contributed by atoms with E-state index in [1.54, 1.807) is 0 Å². The van der Waals surface area contributed by atoms with Crippen LogP contribution >= 0.6 is 0 Å². The molecule has 22 heavy (non-hydrogen) atoms. The zero-order valence-electron chi connectivity index (χ0n) is 13.6. The maximum atomic E-state index is 11.9. The van der Waals surface area contributed by atoms with Crippen LogP contribution in [0.4, 0.5) is 0 Å². The molecule has 2 aromatic carbocycles. The maximum Gasteiger partial charge on any atom is 0.165 e. The Balaban J connectivity index is 2.22. The molecule has 0 bridgehead atoms. The normalized spacial score (nSPS) is 11.0. The summed E-state index contributed by atoms with van der Waals surface area (Å²) in [4.78, 5) is 23.9. The van der Waals surface area contributed by atoms with E-state index in [1.165, 1.54) is 0 Å². The van der Waals surface area contributed by atoms with Gasteiger partial charge in [0.1, 0.15) is 0 Å². The molecule has 0 aliphatic rings. The van der Waals surface area contributed by atoms with E-state index in [1.807, 2.05) is 76.2 Å². The first-order valence-electron chi connectivity index (χ1n) is 7.69. The fourth-order valence-electron chi connectivity index (χ4n) is 2.32. The molecule has 2 rings (SSSR count). The molecular formula is C20H22O2. The van der Waals surface area contributed by atoms with E-state index in [-0.39, 0.29) is 23.4 Å². The van der Waals surface area contributed by atoms with Crippen molar-refractivity contribution >= 4 is 11.6 Å². The van der Waals surface area contributed by atoms with Crippen LogP contribution in [-0.4, -0.2) is 11.6 Å². The molecule has 2 heteroatoms. The highest BCUT2D eigenvalue weighted by molar-refractivity contribution is 5.98. The van der Waals surface area contributed by atoms with Crippen LogP contribution in [0, 0.1) is 11.8 Å². The van der Waals surface area contributed by atoms with Crippen LogP contribution in [0.3, 0.4) is 0 Å². The van der Waals surface area contributed by atoms with E-state index in [0.29, 0.717) is 0 Å². The molecule has 0 radical (unpaired) electrons. The van der Waals surface area contributed by atoms with Crippen molar-refractivity contribution in [2.24, 2.45) is 11.8 Å². The van der Waals surface area contributed by atoms with Crippen LogP contribution in [0.25, 0.3) is 11.1 Å². The number of carbonyl (C=O) groups excluding carboxylic acids is 2. The molecule has 114 valence electrons. The lowest BCUT2D eigenvalue weighted by Gasteiger charge is -2.08. The highest BCUT2D eigenvalue weighted by Gasteiger charge is 2.11. The molecule has 0 heterocycles. The molecule has 0 N–H and O–H groups in total. The van der Waals surface area contributed by atoms with Gasteiger partial charge in [0.2, 0.25) is 0 Å². The fraction of sp³-hybridized carbons (Fsp3) is 0.300. The number of carbonyl (C=O) groups is 2. The third kappa shape index (κ3) is 3.51. The Kier molecular flexibility index (Phi) is 4.92. The summed E-state index contributed by atoms with van der Waals surface area (Å²) in [5.74, 6) is 0.327. The van der Waals surface area contributed by atoms with Gasteiger partial charge in [-0.2, -0.15) is 0 Å². The molecule has 0 amide bonds. The van der Waals surface area contributed by atoms with Crippen molar-refractivity contribution in [3.8, 4) is 11.1 Å². The van der Waals surface area contributed by atoms with E-state index in [0.717, 1.165) is 22.3 Å². The van der Waals surface area contributed by atoms with Crippen molar-refractivity contribution in [2.75, 3.05) is 0 Å². The molecule has 2 nitrogen and oxygen atoms in total. The van der Waals surface area contributed by atoms with Crippen molar-refractivity contribution in [1.29, 1.82) is 0 Å².